The van der Waals surface area contributed by atoms with Gasteiger partial charge >= 0.3 is 0 Å². The molecular weight excluding hydrogens is 296 g/mol. The van der Waals surface area contributed by atoms with Crippen LogP contribution < -0.4 is 5.32 Å². The molecule has 0 spiro atoms. The highest BCUT2D eigenvalue weighted by Crippen LogP contribution is 2.35. The van der Waals surface area contributed by atoms with Gasteiger partial charge in [-0.05, 0) is 27.9 Å². The molecular formula is C12H13BrN4O. The zero-order chi connectivity index (χ0) is 12.7. The number of para-hydroxylation sites is 1. The largest absolute Gasteiger partial charge is 0.384 e. The first-order valence-electron chi connectivity index (χ1n) is 5.77. The van der Waals surface area contributed by atoms with E-state index in [4.69, 9.17) is 0 Å². The molecule has 1 aromatic carbocycles. The van der Waals surface area contributed by atoms with Gasteiger partial charge in [0.15, 0.2) is 4.60 Å². The van der Waals surface area contributed by atoms with E-state index in [1.807, 2.05) is 12.1 Å². The van der Waals surface area contributed by atoms with Crippen molar-refractivity contribution in [2.75, 3.05) is 11.9 Å². The number of hydrogen-bond donors (Lipinski definition) is 2. The molecule has 0 saturated carbocycles. The summed E-state index contributed by atoms with van der Waals surface area (Å²) in [5, 5.41) is 21.7. The van der Waals surface area contributed by atoms with Crippen LogP contribution >= 0.6 is 15.9 Å². The number of hydrogen-bond acceptors (Lipinski definition) is 4. The zero-order valence-corrected chi connectivity index (χ0v) is 11.5. The van der Waals surface area contributed by atoms with Crippen LogP contribution in [0.4, 0.5) is 5.69 Å². The van der Waals surface area contributed by atoms with Gasteiger partial charge in [-0.1, -0.05) is 23.4 Å². The number of fused-ring (bicyclic) bond motifs is 1. The monoisotopic (exact) mass is 308 g/mol. The molecule has 1 atom stereocenters. The second kappa shape index (κ2) is 4.37. The van der Waals surface area contributed by atoms with E-state index >= 15 is 0 Å². The minimum absolute atomic E-state index is 0.577. The van der Waals surface area contributed by atoms with Crippen LogP contribution in [0.2, 0.25) is 0 Å². The summed E-state index contributed by atoms with van der Waals surface area (Å²) in [4.78, 5) is 0. The fourth-order valence-electron chi connectivity index (χ4n) is 2.37. The molecule has 6 heteroatoms. The van der Waals surface area contributed by atoms with E-state index in [1.165, 1.54) is 5.56 Å². The summed E-state index contributed by atoms with van der Waals surface area (Å²) >= 11 is 3.32. The molecule has 1 aliphatic rings. The number of aromatic nitrogens is 3. The van der Waals surface area contributed by atoms with Crippen LogP contribution in [0.25, 0.3) is 0 Å². The molecule has 1 aliphatic heterocycles. The number of nitrogens with one attached hydrogen (secondary N) is 1. The Hall–Kier alpha value is -1.40. The third kappa shape index (κ3) is 1.72. The number of nitrogens with zero attached hydrogens (tertiary/aromatic N) is 3. The standard InChI is InChI=1S/C12H13BrN4O/c1-17-10(12(13)15-16-17)11(18)8-4-2-3-7-5-6-14-9(7)8/h2-4,11,14,18H,5-6H2,1H3. The van der Waals surface area contributed by atoms with Gasteiger partial charge in [0, 0.05) is 24.8 Å². The van der Waals surface area contributed by atoms with Gasteiger partial charge in [-0.2, -0.15) is 0 Å². The van der Waals surface area contributed by atoms with Crippen LogP contribution in [0, 0.1) is 0 Å². The third-order valence-electron chi connectivity index (χ3n) is 3.26. The van der Waals surface area contributed by atoms with Crippen molar-refractivity contribution in [3.8, 4) is 0 Å². The molecule has 0 bridgehead atoms. The minimum atomic E-state index is -0.736. The fourth-order valence-corrected chi connectivity index (χ4v) is 2.91. The lowest BCUT2D eigenvalue weighted by Crippen LogP contribution is -2.09. The Morgan fingerprint density at radius 3 is 3.06 bits per heavy atom. The average molecular weight is 309 g/mol. The Kier molecular flexibility index (Phi) is 2.83. The summed E-state index contributed by atoms with van der Waals surface area (Å²) in [6, 6.07) is 5.99. The second-order valence-corrected chi connectivity index (χ2v) is 5.10. The van der Waals surface area contributed by atoms with Crippen molar-refractivity contribution in [1.29, 1.82) is 0 Å². The summed E-state index contributed by atoms with van der Waals surface area (Å²) in [7, 11) is 1.77. The van der Waals surface area contributed by atoms with E-state index in [0.717, 1.165) is 24.2 Å². The Bertz CT molecular complexity index is 576. The Morgan fingerprint density at radius 2 is 2.33 bits per heavy atom. The van der Waals surface area contributed by atoms with Crippen molar-refractivity contribution in [1.82, 2.24) is 15.0 Å². The average Bonchev–Trinajstić information content (AvgIpc) is 2.95. The smallest absolute Gasteiger partial charge is 0.154 e. The molecule has 3 rings (SSSR count). The van der Waals surface area contributed by atoms with Crippen molar-refractivity contribution in [3.05, 3.63) is 39.6 Å². The van der Waals surface area contributed by atoms with Crippen molar-refractivity contribution >= 4 is 21.6 Å². The molecule has 2 aromatic rings. The summed E-state index contributed by atoms with van der Waals surface area (Å²) in [6.07, 6.45) is 0.265. The first-order valence-corrected chi connectivity index (χ1v) is 6.56. The first kappa shape index (κ1) is 11.7. The zero-order valence-electron chi connectivity index (χ0n) is 9.89. The van der Waals surface area contributed by atoms with Gasteiger partial charge in [-0.15, -0.1) is 5.10 Å². The highest BCUT2D eigenvalue weighted by atomic mass is 79.9. The maximum Gasteiger partial charge on any atom is 0.154 e. The van der Waals surface area contributed by atoms with Gasteiger partial charge in [0.1, 0.15) is 11.8 Å². The van der Waals surface area contributed by atoms with Gasteiger partial charge in [-0.3, -0.25) is 0 Å². The Balaban J connectivity index is 2.08. The van der Waals surface area contributed by atoms with Crippen LogP contribution in [-0.4, -0.2) is 26.6 Å². The van der Waals surface area contributed by atoms with Crippen molar-refractivity contribution in [3.63, 3.8) is 0 Å². The number of benzene rings is 1. The van der Waals surface area contributed by atoms with Crippen LogP contribution in [0.5, 0.6) is 0 Å². The topological polar surface area (TPSA) is 63.0 Å². The van der Waals surface area contributed by atoms with Crippen LogP contribution in [-0.2, 0) is 13.5 Å². The molecule has 1 aromatic heterocycles. The van der Waals surface area contributed by atoms with Crippen molar-refractivity contribution in [2.45, 2.75) is 12.5 Å². The van der Waals surface area contributed by atoms with Crippen molar-refractivity contribution < 1.29 is 5.11 Å². The molecule has 2 N–H and O–H groups in total. The molecule has 0 radical (unpaired) electrons. The predicted octanol–water partition coefficient (Wildman–Crippen LogP) is 1.63. The molecule has 0 aliphatic carbocycles. The van der Waals surface area contributed by atoms with Gasteiger partial charge in [0.05, 0.1) is 0 Å². The summed E-state index contributed by atoms with van der Waals surface area (Å²) in [5.74, 6) is 0. The quantitative estimate of drug-likeness (QED) is 0.885. The third-order valence-corrected chi connectivity index (χ3v) is 3.82. The van der Waals surface area contributed by atoms with E-state index < -0.39 is 6.10 Å². The van der Waals surface area contributed by atoms with Gasteiger partial charge in [0.25, 0.3) is 0 Å². The first-order chi connectivity index (χ1) is 8.68. The van der Waals surface area contributed by atoms with E-state index in [-0.39, 0.29) is 0 Å². The normalized spacial score (nSPS) is 15.3. The number of aryl methyl sites for hydroxylation is 1. The van der Waals surface area contributed by atoms with E-state index in [0.29, 0.717) is 10.3 Å². The molecule has 1 unspecified atom stereocenters. The maximum atomic E-state index is 10.5. The molecule has 5 nitrogen and oxygen atoms in total. The lowest BCUT2D eigenvalue weighted by atomic mass is 10.0. The number of aliphatic hydroxyl groups is 1. The van der Waals surface area contributed by atoms with Crippen LogP contribution in [0.15, 0.2) is 22.8 Å². The summed E-state index contributed by atoms with van der Waals surface area (Å²) in [5.41, 5.74) is 3.82. The molecule has 0 fully saturated rings. The van der Waals surface area contributed by atoms with Crippen molar-refractivity contribution in [2.24, 2.45) is 7.05 Å². The number of aliphatic hydroxyl groups excluding tert-OH is 1. The van der Waals surface area contributed by atoms with Gasteiger partial charge in [0.2, 0.25) is 0 Å². The van der Waals surface area contributed by atoms with E-state index in [1.54, 1.807) is 11.7 Å². The van der Waals surface area contributed by atoms with E-state index in [9.17, 15) is 5.11 Å². The lowest BCUT2D eigenvalue weighted by molar-refractivity contribution is 0.209. The fraction of sp³-hybridized carbons (Fsp3) is 0.333. The predicted molar refractivity (Wildman–Crippen MR) is 71.4 cm³/mol. The maximum absolute atomic E-state index is 10.5. The number of rotatable bonds is 2. The van der Waals surface area contributed by atoms with Gasteiger partial charge in [-0.25, -0.2) is 4.68 Å². The lowest BCUT2D eigenvalue weighted by Gasteiger charge is -2.15. The highest BCUT2D eigenvalue weighted by Gasteiger charge is 2.24. The molecule has 0 saturated heterocycles. The number of anilines is 1. The van der Waals surface area contributed by atoms with Gasteiger partial charge < -0.3 is 10.4 Å². The number of halogens is 1. The SMILES string of the molecule is Cn1nnc(Br)c1C(O)c1cccc2c1NCC2. The molecule has 94 valence electrons. The minimum Gasteiger partial charge on any atom is -0.384 e. The molecule has 2 heterocycles. The summed E-state index contributed by atoms with van der Waals surface area (Å²) < 4.78 is 2.16. The second-order valence-electron chi connectivity index (χ2n) is 4.35. The highest BCUT2D eigenvalue weighted by molar-refractivity contribution is 9.10. The van der Waals surface area contributed by atoms with Crippen LogP contribution in [0.1, 0.15) is 22.9 Å². The Labute approximate surface area is 113 Å². The Morgan fingerprint density at radius 1 is 1.50 bits per heavy atom. The van der Waals surface area contributed by atoms with Crippen LogP contribution in [0.3, 0.4) is 0 Å². The molecule has 18 heavy (non-hydrogen) atoms. The summed E-state index contributed by atoms with van der Waals surface area (Å²) in [6.45, 7) is 0.921. The molecule has 0 amide bonds. The van der Waals surface area contributed by atoms with E-state index in [2.05, 4.69) is 37.6 Å².